The van der Waals surface area contributed by atoms with Gasteiger partial charge in [-0.05, 0) is 44.0 Å². The molecule has 1 heterocycles. The highest BCUT2D eigenvalue weighted by molar-refractivity contribution is 7.92. The van der Waals surface area contributed by atoms with E-state index in [0.717, 1.165) is 30.0 Å². The molecule has 174 valence electrons. The van der Waals surface area contributed by atoms with E-state index in [-0.39, 0.29) is 16.6 Å². The number of aromatic nitrogens is 2. The molecule has 0 atom stereocenters. The Balaban J connectivity index is 1.81. The minimum Gasteiger partial charge on any atom is -0.352 e. The highest BCUT2D eigenvalue weighted by Gasteiger charge is 2.33. The molecule has 1 N–H and O–H groups in total. The van der Waals surface area contributed by atoms with Gasteiger partial charge < -0.3 is 5.32 Å². The molecule has 0 unspecified atom stereocenters. The molecule has 1 aliphatic rings. The highest BCUT2D eigenvalue weighted by atomic mass is 32.2. The smallest absolute Gasteiger partial charge is 0.296 e. The van der Waals surface area contributed by atoms with Gasteiger partial charge in [0.2, 0.25) is 5.91 Å². The molecule has 3 aromatic rings. The van der Waals surface area contributed by atoms with E-state index in [2.05, 4.69) is 5.32 Å². The monoisotopic (exact) mass is 468 g/mol. The predicted molar refractivity (Wildman–Crippen MR) is 127 cm³/mol. The van der Waals surface area contributed by atoms with Crippen LogP contribution in [0.2, 0.25) is 0 Å². The van der Waals surface area contributed by atoms with Crippen LogP contribution in [0.25, 0.3) is 5.69 Å². The molecule has 0 bridgehead atoms. The Kier molecular flexibility index (Phi) is 6.42. The van der Waals surface area contributed by atoms with E-state index in [1.807, 2.05) is 6.07 Å². The Morgan fingerprint density at radius 2 is 1.61 bits per heavy atom. The Hall–Kier alpha value is -3.33. The van der Waals surface area contributed by atoms with Crippen molar-refractivity contribution in [3.8, 4) is 5.69 Å². The number of nitrogens with zero attached hydrogens (tertiary/aromatic N) is 3. The van der Waals surface area contributed by atoms with E-state index in [4.69, 9.17) is 0 Å². The first-order chi connectivity index (χ1) is 15.8. The summed E-state index contributed by atoms with van der Waals surface area (Å²) < 4.78 is 31.3. The summed E-state index contributed by atoms with van der Waals surface area (Å²) >= 11 is 0. The number of carbonyl (C=O) groups excluding carboxylic acids is 1. The number of anilines is 1. The Morgan fingerprint density at radius 1 is 1.03 bits per heavy atom. The molecule has 4 rings (SSSR count). The fraction of sp³-hybridized carbons (Fsp3) is 0.333. The summed E-state index contributed by atoms with van der Waals surface area (Å²) in [6.45, 7) is 1.21. The molecule has 0 spiro atoms. The molecule has 1 amide bonds. The topological polar surface area (TPSA) is 93.4 Å². The van der Waals surface area contributed by atoms with Crippen molar-refractivity contribution in [2.75, 3.05) is 10.8 Å². The summed E-state index contributed by atoms with van der Waals surface area (Å²) in [5, 5.41) is 2.93. The Morgan fingerprint density at radius 3 is 2.21 bits per heavy atom. The lowest BCUT2D eigenvalue weighted by atomic mass is 10.2. The minimum absolute atomic E-state index is 0.0209. The van der Waals surface area contributed by atoms with Crippen LogP contribution in [-0.4, -0.2) is 36.3 Å². The summed E-state index contributed by atoms with van der Waals surface area (Å²) in [6.07, 6.45) is 3.83. The van der Waals surface area contributed by atoms with Crippen LogP contribution in [0.1, 0.15) is 31.4 Å². The summed E-state index contributed by atoms with van der Waals surface area (Å²) in [4.78, 5) is 26.5. The first kappa shape index (κ1) is 22.8. The van der Waals surface area contributed by atoms with Gasteiger partial charge in [-0.25, -0.2) is 17.4 Å². The second-order valence-corrected chi connectivity index (χ2v) is 10.1. The molecule has 1 aromatic heterocycles. The van der Waals surface area contributed by atoms with E-state index >= 15 is 0 Å². The van der Waals surface area contributed by atoms with E-state index in [9.17, 15) is 18.0 Å². The summed E-state index contributed by atoms with van der Waals surface area (Å²) in [6, 6.07) is 16.9. The lowest BCUT2D eigenvalue weighted by Gasteiger charge is -2.24. The largest absolute Gasteiger partial charge is 0.352 e. The molecule has 8 nitrogen and oxygen atoms in total. The van der Waals surface area contributed by atoms with Gasteiger partial charge in [0, 0.05) is 13.1 Å². The molecular weight excluding hydrogens is 440 g/mol. The molecule has 1 saturated carbocycles. The van der Waals surface area contributed by atoms with Crippen molar-refractivity contribution in [1.82, 2.24) is 14.7 Å². The number of benzene rings is 2. The molecule has 1 aliphatic carbocycles. The van der Waals surface area contributed by atoms with Crippen LogP contribution in [0.3, 0.4) is 0 Å². The van der Waals surface area contributed by atoms with E-state index < -0.39 is 28.0 Å². The van der Waals surface area contributed by atoms with Gasteiger partial charge in [-0.3, -0.25) is 14.3 Å². The third kappa shape index (κ3) is 4.45. The molecule has 2 aromatic carbocycles. The number of nitrogens with one attached hydrogen (secondary N) is 1. The normalized spacial score (nSPS) is 14.4. The number of hydrogen-bond acceptors (Lipinski definition) is 4. The highest BCUT2D eigenvalue weighted by Crippen LogP contribution is 2.25. The van der Waals surface area contributed by atoms with Crippen molar-refractivity contribution in [2.45, 2.75) is 43.5 Å². The molecule has 33 heavy (non-hydrogen) atoms. The molecule has 9 heteroatoms. The molecule has 0 radical (unpaired) electrons. The fourth-order valence-corrected chi connectivity index (χ4v) is 5.81. The third-order valence-corrected chi connectivity index (χ3v) is 7.87. The van der Waals surface area contributed by atoms with Gasteiger partial charge in [-0.15, -0.1) is 0 Å². The average Bonchev–Trinajstić information content (AvgIpc) is 3.39. The lowest BCUT2D eigenvalue weighted by Crippen LogP contribution is -2.45. The summed E-state index contributed by atoms with van der Waals surface area (Å²) in [5.74, 6) is -0.421. The number of para-hydroxylation sites is 1. The van der Waals surface area contributed by atoms with Crippen molar-refractivity contribution in [3.05, 3.63) is 76.7 Å². The van der Waals surface area contributed by atoms with Crippen molar-refractivity contribution < 1.29 is 13.2 Å². The van der Waals surface area contributed by atoms with E-state index in [1.165, 1.54) is 16.8 Å². The van der Waals surface area contributed by atoms with Crippen LogP contribution < -0.4 is 15.2 Å². The molecular formula is C24H28N4O4S. The lowest BCUT2D eigenvalue weighted by molar-refractivity contribution is -0.120. The van der Waals surface area contributed by atoms with Gasteiger partial charge >= 0.3 is 0 Å². The van der Waals surface area contributed by atoms with Crippen LogP contribution in [-0.2, 0) is 21.9 Å². The Bertz CT molecular complexity index is 1290. The van der Waals surface area contributed by atoms with Crippen LogP contribution in [0.15, 0.2) is 70.4 Å². The maximum absolute atomic E-state index is 13.7. The van der Waals surface area contributed by atoms with Gasteiger partial charge in [0.05, 0.1) is 16.3 Å². The van der Waals surface area contributed by atoms with Gasteiger partial charge in [-0.2, -0.15) is 0 Å². The van der Waals surface area contributed by atoms with Crippen molar-refractivity contribution in [1.29, 1.82) is 0 Å². The molecule has 1 fully saturated rings. The number of amides is 1. The first-order valence-corrected chi connectivity index (χ1v) is 12.5. The van der Waals surface area contributed by atoms with Gasteiger partial charge in [-0.1, -0.05) is 49.2 Å². The maximum atomic E-state index is 13.7. The average molecular weight is 469 g/mol. The van der Waals surface area contributed by atoms with Crippen LogP contribution >= 0.6 is 0 Å². The zero-order valence-electron chi connectivity index (χ0n) is 18.8. The fourth-order valence-electron chi connectivity index (χ4n) is 4.32. The van der Waals surface area contributed by atoms with Crippen molar-refractivity contribution >= 4 is 21.6 Å². The standard InChI is InChI=1S/C24H28N4O4S/c1-18-23(24(30)28(26(18)2)20-13-5-3-6-14-20)27(17-22(29)25-19-11-9-10-12-19)33(31,32)21-15-7-4-8-16-21/h3-8,13-16,19H,9-12,17H2,1-2H3,(H,25,29). The van der Waals surface area contributed by atoms with Crippen molar-refractivity contribution in [3.63, 3.8) is 0 Å². The molecule has 0 aliphatic heterocycles. The van der Waals surface area contributed by atoms with Crippen LogP contribution in [0.4, 0.5) is 5.69 Å². The number of rotatable bonds is 7. The van der Waals surface area contributed by atoms with Gasteiger partial charge in [0.1, 0.15) is 12.2 Å². The van der Waals surface area contributed by atoms with Gasteiger partial charge in [0.15, 0.2) is 0 Å². The van der Waals surface area contributed by atoms with Gasteiger partial charge in [0.25, 0.3) is 15.6 Å². The molecule has 0 saturated heterocycles. The summed E-state index contributed by atoms with van der Waals surface area (Å²) in [5.41, 5.74) is 0.505. The zero-order chi connectivity index (χ0) is 23.6. The van der Waals surface area contributed by atoms with Crippen LogP contribution in [0.5, 0.6) is 0 Å². The van der Waals surface area contributed by atoms with E-state index in [0.29, 0.717) is 11.4 Å². The number of sulfonamides is 1. The maximum Gasteiger partial charge on any atom is 0.296 e. The predicted octanol–water partition coefficient (Wildman–Crippen LogP) is 2.74. The second kappa shape index (κ2) is 9.27. The Labute approximate surface area is 193 Å². The second-order valence-electron chi connectivity index (χ2n) is 8.28. The number of carbonyl (C=O) groups is 1. The quantitative estimate of drug-likeness (QED) is 0.577. The zero-order valence-corrected chi connectivity index (χ0v) is 19.6. The van der Waals surface area contributed by atoms with E-state index in [1.54, 1.807) is 61.1 Å². The minimum atomic E-state index is -4.17. The summed E-state index contributed by atoms with van der Waals surface area (Å²) in [7, 11) is -2.47. The van der Waals surface area contributed by atoms with Crippen molar-refractivity contribution in [2.24, 2.45) is 7.05 Å². The SMILES string of the molecule is Cc1c(N(CC(=O)NC2CCCC2)S(=O)(=O)c2ccccc2)c(=O)n(-c2ccccc2)n1C. The van der Waals surface area contributed by atoms with Crippen LogP contribution in [0, 0.1) is 6.92 Å². The number of hydrogen-bond donors (Lipinski definition) is 1. The first-order valence-electron chi connectivity index (χ1n) is 11.0. The third-order valence-electron chi connectivity index (χ3n) is 6.11.